The number of nitrogens with zero attached hydrogens (tertiary/aromatic N) is 2. The molecular formula is C9H8N2S2. The number of rotatable bonds is 3. The molecule has 2 rings (SSSR count). The van der Waals surface area contributed by atoms with Crippen LogP contribution in [0.1, 0.15) is 5.56 Å². The molecule has 0 aliphatic heterocycles. The Morgan fingerprint density at radius 1 is 1.23 bits per heavy atom. The highest BCUT2D eigenvalue weighted by molar-refractivity contribution is 7.98. The number of thioether (sulfide) groups is 1. The average Bonchev–Trinajstić information content (AvgIpc) is 2.69. The third-order valence-corrected chi connectivity index (χ3v) is 3.20. The Hall–Kier alpha value is -0.870. The second-order valence-electron chi connectivity index (χ2n) is 2.52. The van der Waals surface area contributed by atoms with Gasteiger partial charge < -0.3 is 0 Å². The quantitative estimate of drug-likeness (QED) is 0.725. The lowest BCUT2D eigenvalue weighted by Crippen LogP contribution is -1.78. The van der Waals surface area contributed by atoms with Crippen molar-refractivity contribution in [1.29, 1.82) is 0 Å². The van der Waals surface area contributed by atoms with Crippen molar-refractivity contribution >= 4 is 23.3 Å². The first-order valence-corrected chi connectivity index (χ1v) is 5.71. The van der Waals surface area contributed by atoms with Crippen LogP contribution in [-0.4, -0.2) is 9.59 Å². The van der Waals surface area contributed by atoms with Crippen LogP contribution >= 0.6 is 23.3 Å². The molecule has 2 aromatic rings. The van der Waals surface area contributed by atoms with Gasteiger partial charge >= 0.3 is 0 Å². The molecule has 0 atom stereocenters. The van der Waals surface area contributed by atoms with Crippen molar-refractivity contribution < 1.29 is 0 Å². The van der Waals surface area contributed by atoms with Crippen molar-refractivity contribution in [3.8, 4) is 0 Å². The van der Waals surface area contributed by atoms with Crippen molar-refractivity contribution in [2.45, 2.75) is 10.8 Å². The predicted molar refractivity (Wildman–Crippen MR) is 55.9 cm³/mol. The summed E-state index contributed by atoms with van der Waals surface area (Å²) in [4.78, 5) is 0. The van der Waals surface area contributed by atoms with Crippen LogP contribution < -0.4 is 0 Å². The molecule has 0 amide bonds. The molecular weight excluding hydrogens is 200 g/mol. The predicted octanol–water partition coefficient (Wildman–Crippen LogP) is 2.83. The number of hydrogen-bond acceptors (Lipinski definition) is 4. The summed E-state index contributed by atoms with van der Waals surface area (Å²) in [5.41, 5.74) is 1.32. The molecule has 1 heterocycles. The van der Waals surface area contributed by atoms with Gasteiger partial charge in [0.1, 0.15) is 5.03 Å². The fourth-order valence-corrected chi connectivity index (χ4v) is 2.33. The molecule has 2 nitrogen and oxygen atoms in total. The van der Waals surface area contributed by atoms with Crippen LogP contribution in [0.2, 0.25) is 0 Å². The van der Waals surface area contributed by atoms with Gasteiger partial charge in [-0.1, -0.05) is 46.6 Å². The zero-order valence-electron chi connectivity index (χ0n) is 6.88. The first-order chi connectivity index (χ1) is 6.45. The highest BCUT2D eigenvalue weighted by atomic mass is 32.2. The van der Waals surface area contributed by atoms with Crippen molar-refractivity contribution in [1.82, 2.24) is 9.59 Å². The Morgan fingerprint density at radius 2 is 2.08 bits per heavy atom. The second-order valence-corrected chi connectivity index (χ2v) is 4.12. The number of aromatic nitrogens is 2. The monoisotopic (exact) mass is 208 g/mol. The Kier molecular flexibility index (Phi) is 2.94. The highest BCUT2D eigenvalue weighted by Gasteiger charge is 1.97. The van der Waals surface area contributed by atoms with E-state index < -0.39 is 0 Å². The maximum Gasteiger partial charge on any atom is 0.132 e. The largest absolute Gasteiger partial charge is 0.132 e. The summed E-state index contributed by atoms with van der Waals surface area (Å²) in [5, 5.41) is 6.94. The van der Waals surface area contributed by atoms with Gasteiger partial charge in [0.25, 0.3) is 0 Å². The van der Waals surface area contributed by atoms with Crippen molar-refractivity contribution in [3.63, 3.8) is 0 Å². The van der Waals surface area contributed by atoms with Crippen LogP contribution in [-0.2, 0) is 5.75 Å². The fourth-order valence-electron chi connectivity index (χ4n) is 0.950. The summed E-state index contributed by atoms with van der Waals surface area (Å²) in [6.07, 6.45) is 0. The van der Waals surface area contributed by atoms with Gasteiger partial charge in [-0.15, -0.1) is 5.10 Å². The van der Waals surface area contributed by atoms with E-state index in [9.17, 15) is 0 Å². The zero-order valence-corrected chi connectivity index (χ0v) is 8.52. The average molecular weight is 208 g/mol. The third-order valence-electron chi connectivity index (χ3n) is 1.57. The molecule has 1 aromatic carbocycles. The molecule has 0 aliphatic rings. The summed E-state index contributed by atoms with van der Waals surface area (Å²) in [5.74, 6) is 0.965. The van der Waals surface area contributed by atoms with Gasteiger partial charge in [-0.2, -0.15) is 0 Å². The van der Waals surface area contributed by atoms with Gasteiger partial charge in [-0.05, 0) is 17.1 Å². The van der Waals surface area contributed by atoms with Crippen molar-refractivity contribution in [2.24, 2.45) is 0 Å². The minimum absolute atomic E-state index is 0.965. The summed E-state index contributed by atoms with van der Waals surface area (Å²) < 4.78 is 3.81. The van der Waals surface area contributed by atoms with E-state index in [0.29, 0.717) is 0 Å². The van der Waals surface area contributed by atoms with E-state index in [1.165, 1.54) is 17.1 Å². The summed E-state index contributed by atoms with van der Waals surface area (Å²) >= 11 is 3.11. The number of benzene rings is 1. The Labute approximate surface area is 85.2 Å². The lowest BCUT2D eigenvalue weighted by atomic mass is 10.2. The lowest BCUT2D eigenvalue weighted by Gasteiger charge is -1.96. The zero-order chi connectivity index (χ0) is 8.93. The maximum atomic E-state index is 3.96. The van der Waals surface area contributed by atoms with Gasteiger partial charge in [-0.25, -0.2) is 0 Å². The molecule has 0 spiro atoms. The molecule has 0 radical (unpaired) electrons. The van der Waals surface area contributed by atoms with Crippen LogP contribution in [0.3, 0.4) is 0 Å². The van der Waals surface area contributed by atoms with Crippen LogP contribution in [0.15, 0.2) is 40.7 Å². The van der Waals surface area contributed by atoms with E-state index in [1.54, 1.807) is 11.8 Å². The van der Waals surface area contributed by atoms with Crippen LogP contribution in [0.4, 0.5) is 0 Å². The Balaban J connectivity index is 1.94. The molecule has 66 valence electrons. The lowest BCUT2D eigenvalue weighted by molar-refractivity contribution is 1.03. The van der Waals surface area contributed by atoms with E-state index >= 15 is 0 Å². The standard InChI is InChI=1S/C9H8N2S2/c1-2-4-8(5-3-1)6-12-9-7-13-11-10-9/h1-5,7H,6H2. The SMILES string of the molecule is c1ccc(CSc2csnn2)cc1. The maximum absolute atomic E-state index is 3.96. The third kappa shape index (κ3) is 2.54. The molecule has 0 unspecified atom stereocenters. The van der Waals surface area contributed by atoms with Gasteiger partial charge in [-0.3, -0.25) is 0 Å². The van der Waals surface area contributed by atoms with E-state index in [0.717, 1.165) is 10.8 Å². The first kappa shape index (κ1) is 8.72. The Bertz CT molecular complexity index is 345. The summed E-state index contributed by atoms with van der Waals surface area (Å²) in [7, 11) is 0. The van der Waals surface area contributed by atoms with Crippen LogP contribution in [0, 0.1) is 0 Å². The molecule has 0 fully saturated rings. The normalized spacial score (nSPS) is 10.2. The van der Waals surface area contributed by atoms with Gasteiger partial charge in [0, 0.05) is 11.1 Å². The second kappa shape index (κ2) is 4.39. The molecule has 0 saturated carbocycles. The molecule has 0 N–H and O–H groups in total. The van der Waals surface area contributed by atoms with E-state index in [1.807, 2.05) is 11.4 Å². The van der Waals surface area contributed by atoms with Gasteiger partial charge in [0.05, 0.1) is 0 Å². The molecule has 1 aromatic heterocycles. The van der Waals surface area contributed by atoms with E-state index in [4.69, 9.17) is 0 Å². The van der Waals surface area contributed by atoms with Crippen LogP contribution in [0.25, 0.3) is 0 Å². The van der Waals surface area contributed by atoms with Gasteiger partial charge in [0.2, 0.25) is 0 Å². The minimum Gasteiger partial charge on any atom is -0.132 e. The van der Waals surface area contributed by atoms with Crippen LogP contribution in [0.5, 0.6) is 0 Å². The van der Waals surface area contributed by atoms with Gasteiger partial charge in [0.15, 0.2) is 0 Å². The van der Waals surface area contributed by atoms with Crippen molar-refractivity contribution in [3.05, 3.63) is 41.3 Å². The fraction of sp³-hybridized carbons (Fsp3) is 0.111. The van der Waals surface area contributed by atoms with Crippen molar-refractivity contribution in [2.75, 3.05) is 0 Å². The number of hydrogen-bond donors (Lipinski definition) is 0. The summed E-state index contributed by atoms with van der Waals surface area (Å²) in [6, 6.07) is 10.4. The molecule has 0 bridgehead atoms. The summed E-state index contributed by atoms with van der Waals surface area (Å²) in [6.45, 7) is 0. The Morgan fingerprint density at radius 3 is 2.77 bits per heavy atom. The first-order valence-electron chi connectivity index (χ1n) is 3.89. The van der Waals surface area contributed by atoms with E-state index in [-0.39, 0.29) is 0 Å². The molecule has 4 heteroatoms. The minimum atomic E-state index is 0.965. The molecule has 0 saturated heterocycles. The topological polar surface area (TPSA) is 25.8 Å². The highest BCUT2D eigenvalue weighted by Crippen LogP contribution is 2.20. The smallest absolute Gasteiger partial charge is 0.132 e. The molecule has 13 heavy (non-hydrogen) atoms. The molecule has 0 aliphatic carbocycles. The van der Waals surface area contributed by atoms with E-state index in [2.05, 4.69) is 33.9 Å².